The first-order valence-corrected chi connectivity index (χ1v) is 19.5. The third-order valence-electron chi connectivity index (χ3n) is 10.2. The van der Waals surface area contributed by atoms with Gasteiger partial charge in [-0.2, -0.15) is 23.1 Å². The number of nitrogens with one attached hydrogen (secondary N) is 2. The Kier molecular flexibility index (Phi) is 11.3. The van der Waals surface area contributed by atoms with Crippen LogP contribution < -0.4 is 15.4 Å². The SMILES string of the molecule is CC(=O)Nc1nc2cccc(-c3ccc(OCc4ccccc4)cc3)n2n1.O=C(Nc1nc2cccc(-c3ccc(C(=O)N4CCCC(C(F)(F)F)C4)cc3)n2n1)C1CC1. The third-order valence-corrected chi connectivity index (χ3v) is 10.2. The zero-order valence-electron chi connectivity index (χ0n) is 32.5. The Morgan fingerprint density at radius 2 is 1.30 bits per heavy atom. The number of rotatable bonds is 9. The first-order valence-electron chi connectivity index (χ1n) is 19.5. The molecule has 16 heteroatoms. The van der Waals surface area contributed by atoms with Crippen molar-refractivity contribution in [2.45, 2.75) is 45.4 Å². The van der Waals surface area contributed by atoms with Gasteiger partial charge in [-0.15, -0.1) is 10.2 Å². The molecule has 306 valence electrons. The molecule has 1 aliphatic carbocycles. The summed E-state index contributed by atoms with van der Waals surface area (Å²) in [5.74, 6) is -0.810. The van der Waals surface area contributed by atoms with Gasteiger partial charge < -0.3 is 9.64 Å². The molecular formula is C44H40F3N9O4. The Morgan fingerprint density at radius 1 is 0.717 bits per heavy atom. The molecule has 60 heavy (non-hydrogen) atoms. The highest BCUT2D eigenvalue weighted by Gasteiger charge is 2.42. The number of pyridine rings is 2. The number of anilines is 2. The fraction of sp³-hybridized carbons (Fsp3) is 0.250. The molecular weight excluding hydrogens is 776 g/mol. The number of fused-ring (bicyclic) bond motifs is 2. The largest absolute Gasteiger partial charge is 0.489 e. The fourth-order valence-electron chi connectivity index (χ4n) is 6.93. The van der Waals surface area contributed by atoms with Crippen LogP contribution in [0.1, 0.15) is 48.5 Å². The van der Waals surface area contributed by atoms with Gasteiger partial charge in [0.1, 0.15) is 12.4 Å². The zero-order valence-corrected chi connectivity index (χ0v) is 32.5. The lowest BCUT2D eigenvalue weighted by atomic mass is 9.96. The highest BCUT2D eigenvalue weighted by Crippen LogP contribution is 2.34. The molecule has 0 bridgehead atoms. The summed E-state index contributed by atoms with van der Waals surface area (Å²) in [5, 5.41) is 14.1. The normalized spacial score (nSPS) is 15.3. The maximum absolute atomic E-state index is 13.1. The molecule has 2 fully saturated rings. The van der Waals surface area contributed by atoms with Crippen LogP contribution in [0, 0.1) is 11.8 Å². The van der Waals surface area contributed by atoms with Gasteiger partial charge >= 0.3 is 6.18 Å². The van der Waals surface area contributed by atoms with Crippen molar-refractivity contribution < 1.29 is 32.3 Å². The predicted molar refractivity (Wildman–Crippen MR) is 218 cm³/mol. The lowest BCUT2D eigenvalue weighted by molar-refractivity contribution is -0.184. The minimum atomic E-state index is -4.30. The number of halogens is 3. The number of benzene rings is 3. The summed E-state index contributed by atoms with van der Waals surface area (Å²) in [4.78, 5) is 46.0. The quantitative estimate of drug-likeness (QED) is 0.149. The number of hydrogen-bond acceptors (Lipinski definition) is 8. The molecule has 5 heterocycles. The van der Waals surface area contributed by atoms with Gasteiger partial charge in [0.25, 0.3) is 5.91 Å². The topological polar surface area (TPSA) is 148 Å². The summed E-state index contributed by atoms with van der Waals surface area (Å²) in [6.07, 6.45) is -2.15. The standard InChI is InChI=1S/C23H22F3N5O2.C21H18N4O2/c24-23(25,26)17-3-2-12-30(13-17)21(33)16-10-6-14(7-11-16)18-4-1-5-19-27-22(29-31(18)19)28-20(32)15-8-9-15;1-15(26)22-21-23-20-9-5-8-19(25(20)24-21)17-10-12-18(13-11-17)27-14-16-6-3-2-4-7-16/h1,4-7,10-11,15,17H,2-3,8-9,12-13H2,(H,28,29,32);2-13H,14H2,1H3,(H,22,24,26). The molecule has 3 amide bonds. The van der Waals surface area contributed by atoms with E-state index in [9.17, 15) is 27.6 Å². The minimum absolute atomic E-state index is 0.0347. The van der Waals surface area contributed by atoms with Crippen LogP contribution in [0.15, 0.2) is 115 Å². The molecule has 1 atom stereocenters. The van der Waals surface area contributed by atoms with Gasteiger partial charge in [-0.25, -0.2) is 9.03 Å². The van der Waals surface area contributed by atoms with E-state index in [0.29, 0.717) is 42.1 Å². The van der Waals surface area contributed by atoms with Crippen molar-refractivity contribution in [3.63, 3.8) is 0 Å². The monoisotopic (exact) mass is 815 g/mol. The Bertz CT molecular complexity index is 2640. The number of nitrogens with zero attached hydrogens (tertiary/aromatic N) is 7. The molecule has 1 aliphatic heterocycles. The van der Waals surface area contributed by atoms with Gasteiger partial charge in [-0.3, -0.25) is 25.0 Å². The van der Waals surface area contributed by atoms with E-state index < -0.39 is 18.0 Å². The molecule has 9 rings (SSSR count). The lowest BCUT2D eigenvalue weighted by Gasteiger charge is -2.33. The molecule has 7 aromatic rings. The average molecular weight is 816 g/mol. The average Bonchev–Trinajstić information content (AvgIpc) is 3.91. The molecule has 13 nitrogen and oxygen atoms in total. The van der Waals surface area contributed by atoms with Crippen molar-refractivity contribution in [2.24, 2.45) is 11.8 Å². The maximum Gasteiger partial charge on any atom is 0.393 e. The van der Waals surface area contributed by atoms with Crippen molar-refractivity contribution >= 4 is 40.9 Å². The molecule has 4 aromatic heterocycles. The molecule has 1 saturated heterocycles. The van der Waals surface area contributed by atoms with E-state index in [1.807, 2.05) is 84.9 Å². The van der Waals surface area contributed by atoms with Crippen LogP contribution in [0.25, 0.3) is 33.8 Å². The van der Waals surface area contributed by atoms with Crippen LogP contribution in [-0.2, 0) is 16.2 Å². The van der Waals surface area contributed by atoms with E-state index in [2.05, 4.69) is 30.8 Å². The third kappa shape index (κ3) is 9.27. The Balaban J connectivity index is 0.000000170. The second-order valence-corrected chi connectivity index (χ2v) is 14.7. The number of carbonyl (C=O) groups is 3. The first-order chi connectivity index (χ1) is 29.0. The number of hydrogen-bond donors (Lipinski definition) is 2. The van der Waals surface area contributed by atoms with E-state index in [4.69, 9.17) is 4.74 Å². The summed E-state index contributed by atoms with van der Waals surface area (Å²) in [6, 6.07) is 35.7. The van der Waals surface area contributed by atoms with Gasteiger partial charge in [0.2, 0.25) is 23.7 Å². The smallest absolute Gasteiger partial charge is 0.393 e. The molecule has 2 aliphatic rings. The molecule has 0 spiro atoms. The minimum Gasteiger partial charge on any atom is -0.489 e. The second-order valence-electron chi connectivity index (χ2n) is 14.7. The molecule has 2 N–H and O–H groups in total. The summed E-state index contributed by atoms with van der Waals surface area (Å²) < 4.78 is 48.4. The van der Waals surface area contributed by atoms with Crippen LogP contribution in [-0.4, -0.2) is 71.1 Å². The maximum atomic E-state index is 13.1. The number of likely N-dealkylation sites (tertiary alicyclic amines) is 1. The Morgan fingerprint density at radius 3 is 1.87 bits per heavy atom. The zero-order chi connectivity index (χ0) is 41.8. The van der Waals surface area contributed by atoms with E-state index in [-0.39, 0.29) is 42.6 Å². The van der Waals surface area contributed by atoms with Crippen LogP contribution in [0.2, 0.25) is 0 Å². The Hall–Kier alpha value is -7.10. The first kappa shape index (κ1) is 39.7. The van der Waals surface area contributed by atoms with Crippen LogP contribution >= 0.6 is 0 Å². The number of amides is 3. The second kappa shape index (κ2) is 17.0. The van der Waals surface area contributed by atoms with Crippen molar-refractivity contribution in [3.8, 4) is 28.3 Å². The van der Waals surface area contributed by atoms with Gasteiger partial charge in [-0.1, -0.05) is 54.6 Å². The predicted octanol–water partition coefficient (Wildman–Crippen LogP) is 8.09. The lowest BCUT2D eigenvalue weighted by Crippen LogP contribution is -2.44. The van der Waals surface area contributed by atoms with E-state index >= 15 is 0 Å². The van der Waals surface area contributed by atoms with Crippen LogP contribution in [0.3, 0.4) is 0 Å². The number of piperidine rings is 1. The highest BCUT2D eigenvalue weighted by atomic mass is 19.4. The summed E-state index contributed by atoms with van der Waals surface area (Å²) in [5.41, 5.74) is 6.02. The highest BCUT2D eigenvalue weighted by molar-refractivity contribution is 5.95. The number of carbonyl (C=O) groups excluding carboxylic acids is 3. The summed E-state index contributed by atoms with van der Waals surface area (Å²) in [6.45, 7) is 1.97. The fourth-order valence-corrected chi connectivity index (χ4v) is 6.93. The van der Waals surface area contributed by atoms with E-state index in [1.54, 1.807) is 39.4 Å². The van der Waals surface area contributed by atoms with Gasteiger partial charge in [0.15, 0.2) is 11.3 Å². The van der Waals surface area contributed by atoms with Crippen molar-refractivity contribution in [1.29, 1.82) is 0 Å². The van der Waals surface area contributed by atoms with E-state index in [1.165, 1.54) is 11.8 Å². The van der Waals surface area contributed by atoms with Crippen molar-refractivity contribution in [2.75, 3.05) is 23.7 Å². The summed E-state index contributed by atoms with van der Waals surface area (Å²) in [7, 11) is 0. The van der Waals surface area contributed by atoms with Crippen molar-refractivity contribution in [3.05, 3.63) is 126 Å². The molecule has 3 aromatic carbocycles. The van der Waals surface area contributed by atoms with Crippen LogP contribution in [0.4, 0.5) is 25.1 Å². The summed E-state index contributed by atoms with van der Waals surface area (Å²) >= 11 is 0. The number of alkyl halides is 3. The van der Waals surface area contributed by atoms with Crippen LogP contribution in [0.5, 0.6) is 5.75 Å². The number of aromatic nitrogens is 6. The molecule has 1 saturated carbocycles. The van der Waals surface area contributed by atoms with Crippen molar-refractivity contribution in [1.82, 2.24) is 34.1 Å². The van der Waals surface area contributed by atoms with Gasteiger partial charge in [0, 0.05) is 42.6 Å². The van der Waals surface area contributed by atoms with Gasteiger partial charge in [0.05, 0.1) is 17.3 Å². The molecule has 0 radical (unpaired) electrons. The number of ether oxygens (including phenoxy) is 1. The van der Waals surface area contributed by atoms with E-state index in [0.717, 1.165) is 41.0 Å². The van der Waals surface area contributed by atoms with Gasteiger partial charge in [-0.05, 0) is 91.9 Å². The Labute approximate surface area is 342 Å². The molecule has 1 unspecified atom stereocenters.